The summed E-state index contributed by atoms with van der Waals surface area (Å²) in [5.74, 6) is -0.0355. The van der Waals surface area contributed by atoms with Crippen LogP contribution < -0.4 is 9.47 Å². The van der Waals surface area contributed by atoms with Crippen molar-refractivity contribution >= 4 is 11.8 Å². The summed E-state index contributed by atoms with van der Waals surface area (Å²) >= 11 is 0. The zero-order valence-corrected chi connectivity index (χ0v) is 9.14. The lowest BCUT2D eigenvalue weighted by Crippen LogP contribution is -1.94. The van der Waals surface area contributed by atoms with Crippen LogP contribution in [0.15, 0.2) is 11.1 Å². The highest BCUT2D eigenvalue weighted by atomic mass is 16.5. The fourth-order valence-corrected chi connectivity index (χ4v) is 1.29. The molecule has 0 aliphatic heterocycles. The van der Waals surface area contributed by atoms with E-state index in [4.69, 9.17) is 10.5 Å². The summed E-state index contributed by atoms with van der Waals surface area (Å²) in [6.45, 7) is 3.45. The third-order valence-electron chi connectivity index (χ3n) is 2.19. The van der Waals surface area contributed by atoms with Crippen molar-refractivity contribution in [3.63, 3.8) is 0 Å². The van der Waals surface area contributed by atoms with Crippen LogP contribution in [0.3, 0.4) is 0 Å². The highest BCUT2D eigenvalue weighted by Gasteiger charge is 2.17. The summed E-state index contributed by atoms with van der Waals surface area (Å²) in [4.78, 5) is 13.8. The second kappa shape index (κ2) is 5.32. The van der Waals surface area contributed by atoms with Crippen molar-refractivity contribution in [1.29, 1.82) is 10.5 Å². The molecule has 17 heavy (non-hydrogen) atoms. The Kier molecular flexibility index (Phi) is 3.83. The van der Waals surface area contributed by atoms with Crippen molar-refractivity contribution in [2.75, 3.05) is 0 Å². The Bertz CT molecular complexity index is 575. The van der Waals surface area contributed by atoms with Gasteiger partial charge in [0, 0.05) is 0 Å². The molecule has 84 valence electrons. The maximum absolute atomic E-state index is 10.3. The molecule has 0 heterocycles. The summed E-state index contributed by atoms with van der Waals surface area (Å²) in [7, 11) is 0. The molecular formula is C11H7N3O3. The second-order valence-corrected chi connectivity index (χ2v) is 3.08. The van der Waals surface area contributed by atoms with Gasteiger partial charge in [0.25, 0.3) is 12.5 Å². The lowest BCUT2D eigenvalue weighted by Gasteiger charge is -2.10. The molecule has 0 atom stereocenters. The molecule has 0 fully saturated rings. The van der Waals surface area contributed by atoms with Gasteiger partial charge in [0.1, 0.15) is 5.69 Å². The molecule has 0 aromatic heterocycles. The average Bonchev–Trinajstić information content (AvgIpc) is 2.30. The molecule has 1 rings (SSSR count). The van der Waals surface area contributed by atoms with Crippen LogP contribution in [0.2, 0.25) is 0 Å². The molecular weight excluding hydrogens is 222 g/mol. The SMILES string of the molecule is Cc1cc(OC#N)c(OC#N)c(N=C=O)c1C. The van der Waals surface area contributed by atoms with Crippen molar-refractivity contribution in [1.82, 2.24) is 0 Å². The fraction of sp³-hybridized carbons (Fsp3) is 0.182. The molecule has 0 aliphatic carbocycles. The van der Waals surface area contributed by atoms with Crippen LogP contribution in [-0.4, -0.2) is 6.08 Å². The number of rotatable bonds is 3. The summed E-state index contributed by atoms with van der Waals surface area (Å²) < 4.78 is 9.32. The van der Waals surface area contributed by atoms with Gasteiger partial charge in [0.15, 0.2) is 5.75 Å². The van der Waals surface area contributed by atoms with Gasteiger partial charge in [-0.1, -0.05) is 0 Å². The van der Waals surface area contributed by atoms with Gasteiger partial charge in [-0.3, -0.25) is 0 Å². The van der Waals surface area contributed by atoms with Crippen molar-refractivity contribution in [2.45, 2.75) is 13.8 Å². The van der Waals surface area contributed by atoms with E-state index in [9.17, 15) is 4.79 Å². The normalized spacial score (nSPS) is 8.47. The molecule has 0 unspecified atom stereocenters. The van der Waals surface area contributed by atoms with E-state index in [1.807, 2.05) is 0 Å². The average molecular weight is 229 g/mol. The lowest BCUT2D eigenvalue weighted by atomic mass is 10.1. The van der Waals surface area contributed by atoms with E-state index in [0.29, 0.717) is 5.56 Å². The van der Waals surface area contributed by atoms with Crippen molar-refractivity contribution in [3.05, 3.63) is 17.2 Å². The predicted octanol–water partition coefficient (Wildman–Crippen LogP) is 1.99. The van der Waals surface area contributed by atoms with Crippen molar-refractivity contribution < 1.29 is 14.3 Å². The topological polar surface area (TPSA) is 95.5 Å². The van der Waals surface area contributed by atoms with E-state index in [0.717, 1.165) is 5.56 Å². The first-order chi connectivity index (χ1) is 8.15. The Morgan fingerprint density at radius 2 is 1.88 bits per heavy atom. The van der Waals surface area contributed by atoms with E-state index < -0.39 is 0 Å². The zero-order chi connectivity index (χ0) is 12.8. The molecule has 1 aromatic carbocycles. The smallest absolute Gasteiger partial charge is 0.292 e. The predicted molar refractivity (Wildman–Crippen MR) is 56.2 cm³/mol. The number of nitriles is 2. The van der Waals surface area contributed by atoms with Gasteiger partial charge in [-0.05, 0) is 31.0 Å². The highest BCUT2D eigenvalue weighted by molar-refractivity contribution is 5.69. The van der Waals surface area contributed by atoms with Crippen LogP contribution in [0.1, 0.15) is 11.1 Å². The number of aryl methyl sites for hydroxylation is 1. The minimum Gasteiger partial charge on any atom is -0.384 e. The number of aliphatic imine (C=N–C) groups is 1. The Hall–Kier alpha value is -2.82. The van der Waals surface area contributed by atoms with Gasteiger partial charge in [0.05, 0.1) is 0 Å². The molecule has 0 amide bonds. The van der Waals surface area contributed by atoms with Gasteiger partial charge in [-0.25, -0.2) is 4.79 Å². The van der Waals surface area contributed by atoms with Crippen LogP contribution >= 0.6 is 0 Å². The second-order valence-electron chi connectivity index (χ2n) is 3.08. The molecule has 6 nitrogen and oxygen atoms in total. The molecule has 0 saturated heterocycles. The fourth-order valence-electron chi connectivity index (χ4n) is 1.29. The maximum Gasteiger partial charge on any atom is 0.292 e. The lowest BCUT2D eigenvalue weighted by molar-refractivity contribution is 0.441. The first kappa shape index (κ1) is 12.3. The number of isocyanates is 1. The monoisotopic (exact) mass is 229 g/mol. The van der Waals surface area contributed by atoms with Crippen LogP contribution in [0.4, 0.5) is 5.69 Å². The highest BCUT2D eigenvalue weighted by Crippen LogP contribution is 2.41. The first-order valence-corrected chi connectivity index (χ1v) is 4.49. The number of ether oxygens (including phenoxy) is 2. The Labute approximate surface area is 97.3 Å². The minimum absolute atomic E-state index is 0.0335. The summed E-state index contributed by atoms with van der Waals surface area (Å²) in [5.41, 5.74) is 1.52. The van der Waals surface area contributed by atoms with Gasteiger partial charge >= 0.3 is 0 Å². The summed E-state index contributed by atoms with van der Waals surface area (Å²) in [5, 5.41) is 17.0. The third kappa shape index (κ3) is 2.40. The van der Waals surface area contributed by atoms with E-state index >= 15 is 0 Å². The molecule has 0 spiro atoms. The van der Waals surface area contributed by atoms with Crippen LogP contribution in [0, 0.1) is 36.9 Å². The van der Waals surface area contributed by atoms with Crippen LogP contribution in [0.25, 0.3) is 0 Å². The molecule has 0 bridgehead atoms. The Morgan fingerprint density at radius 3 is 2.41 bits per heavy atom. The maximum atomic E-state index is 10.3. The van der Waals surface area contributed by atoms with Gasteiger partial charge < -0.3 is 9.47 Å². The first-order valence-electron chi connectivity index (χ1n) is 4.49. The van der Waals surface area contributed by atoms with E-state index in [1.165, 1.54) is 24.7 Å². The number of carbonyl (C=O) groups excluding carboxylic acids is 1. The van der Waals surface area contributed by atoms with Crippen molar-refractivity contribution in [2.24, 2.45) is 4.99 Å². The summed E-state index contributed by atoms with van der Waals surface area (Å²) in [6, 6.07) is 1.52. The number of nitrogens with zero attached hydrogens (tertiary/aromatic N) is 3. The minimum atomic E-state index is -0.0690. The van der Waals surface area contributed by atoms with Gasteiger partial charge in [0.2, 0.25) is 11.8 Å². The quantitative estimate of drug-likeness (QED) is 0.448. The largest absolute Gasteiger partial charge is 0.384 e. The number of hydrogen-bond acceptors (Lipinski definition) is 6. The van der Waals surface area contributed by atoms with Crippen LogP contribution in [-0.2, 0) is 4.79 Å². The zero-order valence-electron chi connectivity index (χ0n) is 9.14. The number of hydrogen-bond donors (Lipinski definition) is 0. The van der Waals surface area contributed by atoms with E-state index in [1.54, 1.807) is 13.8 Å². The molecule has 0 aliphatic rings. The van der Waals surface area contributed by atoms with Crippen molar-refractivity contribution in [3.8, 4) is 24.0 Å². The molecule has 1 aromatic rings. The molecule has 6 heteroatoms. The van der Waals surface area contributed by atoms with E-state index in [2.05, 4.69) is 14.5 Å². The number of benzene rings is 1. The Balaban J connectivity index is 3.58. The third-order valence-corrected chi connectivity index (χ3v) is 2.19. The summed E-state index contributed by atoms with van der Waals surface area (Å²) in [6.07, 6.45) is 4.29. The van der Waals surface area contributed by atoms with E-state index in [-0.39, 0.29) is 17.2 Å². The molecule has 0 saturated carbocycles. The van der Waals surface area contributed by atoms with Crippen LogP contribution in [0.5, 0.6) is 11.5 Å². The van der Waals surface area contributed by atoms with Gasteiger partial charge in [-0.15, -0.1) is 10.5 Å². The molecule has 0 radical (unpaired) electrons. The van der Waals surface area contributed by atoms with Gasteiger partial charge in [-0.2, -0.15) is 4.99 Å². The molecule has 0 N–H and O–H groups in total. The Morgan fingerprint density at radius 1 is 1.24 bits per heavy atom. The standard InChI is InChI=1S/C11H7N3O3/c1-7-3-9(16-4-12)11(17-5-13)10(8(7)2)14-6-15/h3H,1-2H3.